The molecule has 0 spiro atoms. The molecular formula is C20H30. The van der Waals surface area contributed by atoms with Gasteiger partial charge in [0, 0.05) is 5.41 Å². The van der Waals surface area contributed by atoms with Crippen LogP contribution in [0.2, 0.25) is 0 Å². The van der Waals surface area contributed by atoms with Gasteiger partial charge in [0.2, 0.25) is 0 Å². The van der Waals surface area contributed by atoms with E-state index in [1.54, 1.807) is 0 Å². The molecule has 4 aliphatic rings. The third-order valence-electron chi connectivity index (χ3n) is 7.81. The highest BCUT2D eigenvalue weighted by Crippen LogP contribution is 2.64. The van der Waals surface area contributed by atoms with Gasteiger partial charge in [0.15, 0.2) is 0 Å². The molecule has 3 fully saturated rings. The molecule has 1 unspecified atom stereocenters. The smallest absolute Gasteiger partial charge is 0.00973 e. The van der Waals surface area contributed by atoms with Gasteiger partial charge in [-0.2, -0.15) is 0 Å². The lowest BCUT2D eigenvalue weighted by atomic mass is 9.46. The second-order valence-corrected chi connectivity index (χ2v) is 8.27. The van der Waals surface area contributed by atoms with Crippen molar-refractivity contribution in [1.29, 1.82) is 0 Å². The molecule has 0 amide bonds. The zero-order valence-electron chi connectivity index (χ0n) is 13.3. The normalized spacial score (nSPS) is 50.1. The third kappa shape index (κ3) is 1.60. The van der Waals surface area contributed by atoms with E-state index in [4.69, 9.17) is 0 Å². The van der Waals surface area contributed by atoms with Crippen LogP contribution in [0.1, 0.15) is 71.6 Å². The van der Waals surface area contributed by atoms with E-state index in [9.17, 15) is 0 Å². The van der Waals surface area contributed by atoms with E-state index in [0.717, 1.165) is 17.8 Å². The summed E-state index contributed by atoms with van der Waals surface area (Å²) in [5.74, 6) is 2.95. The number of allylic oxidation sites excluding steroid dienone is 4. The Morgan fingerprint density at radius 2 is 2.00 bits per heavy atom. The van der Waals surface area contributed by atoms with Crippen LogP contribution >= 0.6 is 0 Å². The average Bonchev–Trinajstić information content (AvgIpc) is 2.91. The summed E-state index contributed by atoms with van der Waals surface area (Å²) in [6.45, 7) is 5.06. The van der Waals surface area contributed by atoms with Gasteiger partial charge in [-0.1, -0.05) is 50.5 Å². The largest absolute Gasteiger partial charge is 0.0743 e. The van der Waals surface area contributed by atoms with Gasteiger partial charge in [-0.05, 0) is 68.1 Å². The van der Waals surface area contributed by atoms with Gasteiger partial charge < -0.3 is 0 Å². The Kier molecular flexibility index (Phi) is 2.95. The fourth-order valence-electron chi connectivity index (χ4n) is 6.57. The molecule has 0 heterocycles. The topological polar surface area (TPSA) is 0 Å². The highest BCUT2D eigenvalue weighted by molar-refractivity contribution is 5.38. The van der Waals surface area contributed by atoms with Crippen LogP contribution in [0.5, 0.6) is 0 Å². The van der Waals surface area contributed by atoms with Crippen molar-refractivity contribution in [3.8, 4) is 0 Å². The van der Waals surface area contributed by atoms with Gasteiger partial charge in [-0.3, -0.25) is 0 Å². The van der Waals surface area contributed by atoms with Crippen molar-refractivity contribution in [3.05, 3.63) is 23.8 Å². The van der Waals surface area contributed by atoms with Crippen LogP contribution in [0.4, 0.5) is 0 Å². The standard InChI is InChI=1S/C20H30/c1-3-20-13-6-8-18(20)16-10-9-15-7-4-5-12-19(15,2)17(16)11-14-20/h6,8,13,15-17H,3-5,7,9-12,14H2,1-2H3/t15?,16-,17+,19+,20+/m1/s1. The van der Waals surface area contributed by atoms with Crippen molar-refractivity contribution in [2.24, 2.45) is 28.6 Å². The predicted octanol–water partition coefficient (Wildman–Crippen LogP) is 5.90. The minimum Gasteiger partial charge on any atom is -0.0743 e. The van der Waals surface area contributed by atoms with Crippen LogP contribution in [0, 0.1) is 28.6 Å². The van der Waals surface area contributed by atoms with Crippen LogP contribution in [-0.4, -0.2) is 0 Å². The van der Waals surface area contributed by atoms with Gasteiger partial charge in [-0.25, -0.2) is 0 Å². The van der Waals surface area contributed by atoms with Crippen LogP contribution in [0.3, 0.4) is 0 Å². The molecule has 0 aromatic rings. The monoisotopic (exact) mass is 270 g/mol. The van der Waals surface area contributed by atoms with Crippen LogP contribution in [0.15, 0.2) is 23.8 Å². The summed E-state index contributed by atoms with van der Waals surface area (Å²) in [4.78, 5) is 0. The summed E-state index contributed by atoms with van der Waals surface area (Å²) in [7, 11) is 0. The number of rotatable bonds is 1. The molecule has 20 heavy (non-hydrogen) atoms. The van der Waals surface area contributed by atoms with E-state index >= 15 is 0 Å². The van der Waals surface area contributed by atoms with Crippen molar-refractivity contribution < 1.29 is 0 Å². The molecule has 3 saturated carbocycles. The van der Waals surface area contributed by atoms with Gasteiger partial charge >= 0.3 is 0 Å². The Balaban J connectivity index is 1.68. The first-order valence-corrected chi connectivity index (χ1v) is 9.09. The maximum Gasteiger partial charge on any atom is 0.00973 e. The lowest BCUT2D eigenvalue weighted by molar-refractivity contribution is -0.0488. The van der Waals surface area contributed by atoms with Crippen molar-refractivity contribution in [3.63, 3.8) is 0 Å². The highest BCUT2D eigenvalue weighted by atomic mass is 14.6. The molecule has 0 aromatic carbocycles. The molecule has 0 aromatic heterocycles. The van der Waals surface area contributed by atoms with Gasteiger partial charge in [-0.15, -0.1) is 0 Å². The quantitative estimate of drug-likeness (QED) is 0.557. The average molecular weight is 270 g/mol. The van der Waals surface area contributed by atoms with Crippen molar-refractivity contribution >= 4 is 0 Å². The zero-order chi connectivity index (χ0) is 13.8. The molecule has 4 aliphatic carbocycles. The lowest BCUT2D eigenvalue weighted by Gasteiger charge is -2.58. The fraction of sp³-hybridized carbons (Fsp3) is 0.800. The van der Waals surface area contributed by atoms with E-state index in [2.05, 4.69) is 32.1 Å². The Hall–Kier alpha value is -0.520. The summed E-state index contributed by atoms with van der Waals surface area (Å²) in [5.41, 5.74) is 2.98. The van der Waals surface area contributed by atoms with Crippen LogP contribution in [-0.2, 0) is 0 Å². The SMILES string of the molecule is CC[C@@]12C=CC=C1[C@@H]1CCC3CCCC[C@]3(C)[C@H]1CC2. The van der Waals surface area contributed by atoms with Crippen LogP contribution in [0.25, 0.3) is 0 Å². The first kappa shape index (κ1) is 13.2. The van der Waals surface area contributed by atoms with Crippen LogP contribution < -0.4 is 0 Å². The molecule has 4 rings (SSSR count). The van der Waals surface area contributed by atoms with E-state index < -0.39 is 0 Å². The minimum atomic E-state index is 0.471. The second kappa shape index (κ2) is 4.49. The molecule has 0 radical (unpaired) electrons. The number of fused-ring (bicyclic) bond motifs is 5. The predicted molar refractivity (Wildman–Crippen MR) is 85.5 cm³/mol. The first-order valence-electron chi connectivity index (χ1n) is 9.09. The fourth-order valence-corrected chi connectivity index (χ4v) is 6.57. The Morgan fingerprint density at radius 1 is 1.10 bits per heavy atom. The molecule has 0 aliphatic heterocycles. The summed E-state index contributed by atoms with van der Waals surface area (Å²) in [5, 5.41) is 0. The zero-order valence-corrected chi connectivity index (χ0v) is 13.3. The van der Waals surface area contributed by atoms with Gasteiger partial charge in [0.1, 0.15) is 0 Å². The molecular weight excluding hydrogens is 240 g/mol. The minimum absolute atomic E-state index is 0.471. The molecule has 0 saturated heterocycles. The lowest BCUT2D eigenvalue weighted by Crippen LogP contribution is -2.49. The molecule has 110 valence electrons. The number of hydrogen-bond donors (Lipinski definition) is 0. The Morgan fingerprint density at radius 3 is 2.85 bits per heavy atom. The van der Waals surface area contributed by atoms with Crippen molar-refractivity contribution in [2.75, 3.05) is 0 Å². The Labute approximate surface area is 124 Å². The van der Waals surface area contributed by atoms with Crippen molar-refractivity contribution in [2.45, 2.75) is 71.6 Å². The summed E-state index contributed by atoms with van der Waals surface area (Å²) in [6, 6.07) is 0. The number of hydrogen-bond acceptors (Lipinski definition) is 0. The Bertz CT molecular complexity index is 457. The molecule has 0 bridgehead atoms. The maximum atomic E-state index is 2.66. The molecule has 5 atom stereocenters. The van der Waals surface area contributed by atoms with E-state index in [1.807, 2.05) is 5.57 Å². The summed E-state index contributed by atoms with van der Waals surface area (Å²) >= 11 is 0. The van der Waals surface area contributed by atoms with Gasteiger partial charge in [0.05, 0.1) is 0 Å². The third-order valence-corrected chi connectivity index (χ3v) is 7.81. The highest BCUT2D eigenvalue weighted by Gasteiger charge is 2.54. The summed E-state index contributed by atoms with van der Waals surface area (Å²) in [6.07, 6.45) is 20.7. The maximum absolute atomic E-state index is 2.66. The summed E-state index contributed by atoms with van der Waals surface area (Å²) < 4.78 is 0. The van der Waals surface area contributed by atoms with E-state index in [0.29, 0.717) is 10.8 Å². The second-order valence-electron chi connectivity index (χ2n) is 8.27. The molecule has 0 N–H and O–H groups in total. The molecule has 0 heteroatoms. The van der Waals surface area contributed by atoms with E-state index in [-0.39, 0.29) is 0 Å². The van der Waals surface area contributed by atoms with E-state index in [1.165, 1.54) is 57.8 Å². The van der Waals surface area contributed by atoms with Crippen molar-refractivity contribution in [1.82, 2.24) is 0 Å². The first-order chi connectivity index (χ1) is 9.70. The van der Waals surface area contributed by atoms with Gasteiger partial charge in [0.25, 0.3) is 0 Å². The molecule has 0 nitrogen and oxygen atoms in total.